The van der Waals surface area contributed by atoms with Crippen molar-refractivity contribution in [3.8, 4) is 5.88 Å². The van der Waals surface area contributed by atoms with Gasteiger partial charge in [0.2, 0.25) is 12.3 Å². The van der Waals surface area contributed by atoms with E-state index < -0.39 is 0 Å². The van der Waals surface area contributed by atoms with Crippen LogP contribution in [0.15, 0.2) is 17.2 Å². The molecule has 2 unspecified atom stereocenters. The van der Waals surface area contributed by atoms with E-state index >= 15 is 0 Å². The number of carbonyl (C=O) groups is 1. The fraction of sp³-hybridized carbons (Fsp3) is 0.524. The fourth-order valence-electron chi connectivity index (χ4n) is 4.43. The van der Waals surface area contributed by atoms with Gasteiger partial charge in [0.1, 0.15) is 11.5 Å². The van der Waals surface area contributed by atoms with Gasteiger partial charge < -0.3 is 26.6 Å². The zero-order valence-corrected chi connectivity index (χ0v) is 18.7. The van der Waals surface area contributed by atoms with E-state index in [4.69, 9.17) is 20.4 Å². The Hall–Kier alpha value is -2.27. The highest BCUT2D eigenvalue weighted by atomic mass is 32.2. The number of amides is 1. The second-order valence-corrected chi connectivity index (χ2v) is 8.39. The normalized spacial score (nSPS) is 20.2. The summed E-state index contributed by atoms with van der Waals surface area (Å²) in [6, 6.07) is 2.54. The lowest BCUT2D eigenvalue weighted by Crippen LogP contribution is -2.41. The lowest BCUT2D eigenvalue weighted by atomic mass is 9.99. The standard InChI is InChI=1S/C12H15NO.C8H14N4OS.CH3NO/c13-12-8-3-1-2-7(8)6-10-9(12)4-5-11(10)14;1-2-10-6-4-12-8(13-5-6)7(14-9)3-11-12;2-1-3/h6,11,14H,1-5,13H2;3,6,10H,2,4-5,9H2,1H3;1H,(H2,2,3). The summed E-state index contributed by atoms with van der Waals surface area (Å²) >= 11 is 1.18. The number of nitrogens with two attached hydrogens (primary N) is 3. The average Bonchev–Trinajstić information content (AvgIpc) is 3.48. The molecule has 0 saturated heterocycles. The van der Waals surface area contributed by atoms with Crippen molar-refractivity contribution in [3.05, 3.63) is 34.5 Å². The molecule has 0 spiro atoms. The van der Waals surface area contributed by atoms with Gasteiger partial charge in [-0.1, -0.05) is 13.0 Å². The smallest absolute Gasteiger partial charge is 0.227 e. The molecular weight excluding hydrogens is 416 g/mol. The predicted molar refractivity (Wildman–Crippen MR) is 122 cm³/mol. The largest absolute Gasteiger partial charge is 0.475 e. The Morgan fingerprint density at radius 1 is 1.39 bits per heavy atom. The minimum Gasteiger partial charge on any atom is -0.475 e. The van der Waals surface area contributed by atoms with Crippen LogP contribution in [0.4, 0.5) is 5.69 Å². The number of carbonyl (C=O) groups excluding carboxylic acids is 1. The summed E-state index contributed by atoms with van der Waals surface area (Å²) in [5.74, 6) is 0.798. The fourth-order valence-corrected chi connectivity index (χ4v) is 4.80. The summed E-state index contributed by atoms with van der Waals surface area (Å²) in [7, 11) is 0. The van der Waals surface area contributed by atoms with Crippen molar-refractivity contribution >= 4 is 24.0 Å². The van der Waals surface area contributed by atoms with Crippen molar-refractivity contribution in [2.45, 2.75) is 62.6 Å². The molecule has 10 heteroatoms. The van der Waals surface area contributed by atoms with Crippen LogP contribution in [0.1, 0.15) is 48.1 Å². The lowest BCUT2D eigenvalue weighted by molar-refractivity contribution is -0.106. The number of fused-ring (bicyclic) bond motifs is 3. The zero-order valence-electron chi connectivity index (χ0n) is 17.8. The maximum Gasteiger partial charge on any atom is 0.227 e. The van der Waals surface area contributed by atoms with Crippen molar-refractivity contribution in [1.82, 2.24) is 15.1 Å². The van der Waals surface area contributed by atoms with E-state index in [1.807, 2.05) is 4.68 Å². The predicted octanol–water partition coefficient (Wildman–Crippen LogP) is 1.06. The van der Waals surface area contributed by atoms with E-state index in [9.17, 15) is 5.11 Å². The molecule has 170 valence electrons. The number of anilines is 1. The number of likely N-dealkylation sites (N-methyl/N-ethyl adjacent to an activating group) is 1. The molecule has 0 fully saturated rings. The molecule has 31 heavy (non-hydrogen) atoms. The number of nitrogens with zero attached hydrogens (tertiary/aromatic N) is 2. The van der Waals surface area contributed by atoms with Gasteiger partial charge in [-0.25, -0.2) is 4.68 Å². The van der Waals surface area contributed by atoms with Crippen LogP contribution in [-0.2, 0) is 30.6 Å². The molecule has 2 heterocycles. The van der Waals surface area contributed by atoms with E-state index in [1.54, 1.807) is 6.20 Å². The first-order valence-electron chi connectivity index (χ1n) is 10.6. The zero-order chi connectivity index (χ0) is 22.4. The van der Waals surface area contributed by atoms with E-state index in [-0.39, 0.29) is 12.5 Å². The first-order chi connectivity index (χ1) is 15.0. The summed E-state index contributed by atoms with van der Waals surface area (Å²) in [4.78, 5) is 9.49. The van der Waals surface area contributed by atoms with Gasteiger partial charge in [-0.3, -0.25) is 9.93 Å². The highest BCUT2D eigenvalue weighted by molar-refractivity contribution is 7.97. The SMILES string of the molecule is CCNC1COc2c(SN)cnn2C1.NC=O.Nc1c2c(cc3c1CCC3O)CCC2. The molecular formula is C21H32N6O3S. The van der Waals surface area contributed by atoms with Gasteiger partial charge in [-0.05, 0) is 72.9 Å². The first-order valence-corrected chi connectivity index (χ1v) is 11.5. The monoisotopic (exact) mass is 448 g/mol. The van der Waals surface area contributed by atoms with Gasteiger partial charge in [0.15, 0.2) is 0 Å². The minimum atomic E-state index is -0.266. The van der Waals surface area contributed by atoms with Crippen LogP contribution in [-0.4, -0.2) is 40.5 Å². The molecule has 5 rings (SSSR count). The number of benzene rings is 1. The summed E-state index contributed by atoms with van der Waals surface area (Å²) in [5.41, 5.74) is 16.3. The molecule has 8 N–H and O–H groups in total. The number of rotatable bonds is 3. The van der Waals surface area contributed by atoms with Gasteiger partial charge >= 0.3 is 0 Å². The Labute approximate surface area is 186 Å². The number of aliphatic hydroxyl groups excluding tert-OH is 1. The summed E-state index contributed by atoms with van der Waals surface area (Å²) < 4.78 is 7.44. The molecule has 3 aliphatic rings. The molecule has 2 atom stereocenters. The van der Waals surface area contributed by atoms with Gasteiger partial charge in [-0.2, -0.15) is 5.10 Å². The topological polar surface area (TPSA) is 154 Å². The van der Waals surface area contributed by atoms with Crippen molar-refractivity contribution < 1.29 is 14.6 Å². The molecule has 2 aromatic rings. The molecule has 0 radical (unpaired) electrons. The van der Waals surface area contributed by atoms with Crippen molar-refractivity contribution in [2.75, 3.05) is 18.9 Å². The summed E-state index contributed by atoms with van der Waals surface area (Å²) in [5, 5.41) is 22.8. The maximum absolute atomic E-state index is 9.78. The third-order valence-corrected chi connectivity index (χ3v) is 6.34. The number of nitrogens with one attached hydrogen (secondary N) is 1. The van der Waals surface area contributed by atoms with E-state index in [1.165, 1.54) is 35.1 Å². The first kappa shape index (κ1) is 23.4. The van der Waals surface area contributed by atoms with Crippen LogP contribution in [0, 0.1) is 0 Å². The van der Waals surface area contributed by atoms with Crippen LogP contribution >= 0.6 is 11.9 Å². The Bertz CT molecular complexity index is 904. The van der Waals surface area contributed by atoms with Crippen molar-refractivity contribution in [1.29, 1.82) is 0 Å². The molecule has 0 bridgehead atoms. The van der Waals surface area contributed by atoms with Gasteiger partial charge in [0, 0.05) is 5.69 Å². The number of aliphatic hydroxyl groups is 1. The van der Waals surface area contributed by atoms with E-state index in [0.29, 0.717) is 12.6 Å². The number of hydrogen-bond donors (Lipinski definition) is 5. The van der Waals surface area contributed by atoms with E-state index in [2.05, 4.69) is 29.1 Å². The number of ether oxygens (including phenoxy) is 1. The third-order valence-electron chi connectivity index (χ3n) is 5.81. The molecule has 9 nitrogen and oxygen atoms in total. The second kappa shape index (κ2) is 10.9. The number of primary amides is 1. The number of hydrogen-bond acceptors (Lipinski definition) is 8. The molecule has 2 aliphatic carbocycles. The van der Waals surface area contributed by atoms with Crippen LogP contribution in [0.2, 0.25) is 0 Å². The highest BCUT2D eigenvalue weighted by Gasteiger charge is 2.27. The Morgan fingerprint density at radius 2 is 2.16 bits per heavy atom. The van der Waals surface area contributed by atoms with Crippen LogP contribution < -0.4 is 26.7 Å². The average molecular weight is 449 g/mol. The van der Waals surface area contributed by atoms with Crippen LogP contribution in [0.5, 0.6) is 5.88 Å². The van der Waals surface area contributed by atoms with Gasteiger partial charge in [-0.15, -0.1) is 0 Å². The lowest BCUT2D eigenvalue weighted by Gasteiger charge is -2.24. The molecule has 1 aromatic carbocycles. The number of aromatic nitrogens is 2. The van der Waals surface area contributed by atoms with Crippen molar-refractivity contribution in [3.63, 3.8) is 0 Å². The van der Waals surface area contributed by atoms with Crippen molar-refractivity contribution in [2.24, 2.45) is 10.9 Å². The summed E-state index contributed by atoms with van der Waals surface area (Å²) in [6.45, 7) is 4.57. The Kier molecular flexibility index (Phi) is 8.19. The second-order valence-electron chi connectivity index (χ2n) is 7.72. The molecule has 1 aromatic heterocycles. The van der Waals surface area contributed by atoms with E-state index in [0.717, 1.165) is 60.8 Å². The summed E-state index contributed by atoms with van der Waals surface area (Å²) in [6.07, 6.45) is 7.02. The number of nitrogen functional groups attached to an aromatic ring is 1. The molecule has 1 aliphatic heterocycles. The Balaban J connectivity index is 0.000000156. The Morgan fingerprint density at radius 3 is 2.87 bits per heavy atom. The van der Waals surface area contributed by atoms with Crippen LogP contribution in [0.3, 0.4) is 0 Å². The van der Waals surface area contributed by atoms with Gasteiger partial charge in [0.05, 0.1) is 24.9 Å². The molecule has 0 saturated carbocycles. The maximum atomic E-state index is 9.78. The van der Waals surface area contributed by atoms with Crippen LogP contribution in [0.25, 0.3) is 0 Å². The number of aryl methyl sites for hydroxylation is 1. The quantitative estimate of drug-likeness (QED) is 0.265. The highest BCUT2D eigenvalue weighted by Crippen LogP contribution is 2.40. The third kappa shape index (κ3) is 5.15. The van der Waals surface area contributed by atoms with Gasteiger partial charge in [0.25, 0.3) is 0 Å². The minimum absolute atomic E-state index is 0.250. The molecule has 1 amide bonds.